The molecule has 0 aliphatic rings. The number of methoxy groups -OCH3 is 1. The molecule has 124 valence electrons. The Morgan fingerprint density at radius 1 is 1.35 bits per heavy atom. The highest BCUT2D eigenvalue weighted by Crippen LogP contribution is 2.12. The molecule has 0 aliphatic carbocycles. The van der Waals surface area contributed by atoms with Gasteiger partial charge < -0.3 is 4.74 Å². The molecule has 0 fully saturated rings. The van der Waals surface area contributed by atoms with Gasteiger partial charge in [0.1, 0.15) is 13.1 Å². The van der Waals surface area contributed by atoms with Crippen molar-refractivity contribution < 1.29 is 22.5 Å². The van der Waals surface area contributed by atoms with Crippen LogP contribution in [-0.2, 0) is 33.0 Å². The van der Waals surface area contributed by atoms with Gasteiger partial charge in [0.15, 0.2) is 5.69 Å². The lowest BCUT2D eigenvalue weighted by molar-refractivity contribution is -0.674. The second-order valence-corrected chi connectivity index (χ2v) is 7.61. The molecule has 6 nitrogen and oxygen atoms in total. The second kappa shape index (κ2) is 7.20. The summed E-state index contributed by atoms with van der Waals surface area (Å²) < 4.78 is 33.9. The molecule has 0 spiro atoms. The fraction of sp³-hybridized carbons (Fsp3) is 0.333. The van der Waals surface area contributed by atoms with Crippen molar-refractivity contribution in [3.63, 3.8) is 0 Å². The molecule has 0 saturated heterocycles. The first-order chi connectivity index (χ1) is 10.8. The molecule has 0 amide bonds. The predicted octanol–water partition coefficient (Wildman–Crippen LogP) is 0.944. The number of aromatic nitrogens is 1. The Morgan fingerprint density at radius 3 is 2.52 bits per heavy atom. The number of benzene rings is 1. The van der Waals surface area contributed by atoms with Crippen LogP contribution in [0.3, 0.4) is 0 Å². The Balaban J connectivity index is 2.24. The van der Waals surface area contributed by atoms with Gasteiger partial charge in [-0.3, -0.25) is 4.79 Å². The normalized spacial score (nSPS) is 12.8. The minimum absolute atomic E-state index is 0.117. The van der Waals surface area contributed by atoms with Crippen LogP contribution in [0.1, 0.15) is 11.3 Å². The molecule has 1 aromatic heterocycles. The standard InChI is InChI=1S/C15H19N2O4S2/c1-11-4-6-13(7-5-11)23(19,20)16-14(15(18)21-3)8-12-9-22-10-17(12)2/h4-7,9-10,14,16H,8H2,1-3H3/q+1/t14-/m0/s1. The van der Waals surface area contributed by atoms with E-state index in [2.05, 4.69) is 4.72 Å². The summed E-state index contributed by atoms with van der Waals surface area (Å²) in [6.45, 7) is 1.87. The van der Waals surface area contributed by atoms with Crippen molar-refractivity contribution in [1.29, 1.82) is 0 Å². The Hall–Kier alpha value is -1.77. The molecule has 1 atom stereocenters. The van der Waals surface area contributed by atoms with Crippen LogP contribution in [0.4, 0.5) is 0 Å². The van der Waals surface area contributed by atoms with E-state index in [4.69, 9.17) is 4.74 Å². The van der Waals surface area contributed by atoms with Crippen molar-refractivity contribution in [3.8, 4) is 0 Å². The maximum absolute atomic E-state index is 12.5. The quantitative estimate of drug-likeness (QED) is 0.618. The van der Waals surface area contributed by atoms with Crippen LogP contribution >= 0.6 is 11.3 Å². The van der Waals surface area contributed by atoms with Gasteiger partial charge in [0.25, 0.3) is 0 Å². The van der Waals surface area contributed by atoms with Gasteiger partial charge >= 0.3 is 5.97 Å². The Labute approximate surface area is 139 Å². The summed E-state index contributed by atoms with van der Waals surface area (Å²) in [4.78, 5) is 12.1. The highest BCUT2D eigenvalue weighted by atomic mass is 32.2. The predicted molar refractivity (Wildman–Crippen MR) is 86.5 cm³/mol. The zero-order chi connectivity index (χ0) is 17.0. The van der Waals surface area contributed by atoms with E-state index in [1.54, 1.807) is 12.1 Å². The molecule has 0 unspecified atom stereocenters. The van der Waals surface area contributed by atoms with Gasteiger partial charge in [-0.05, 0) is 19.1 Å². The molecule has 1 heterocycles. The van der Waals surface area contributed by atoms with E-state index < -0.39 is 22.0 Å². The minimum Gasteiger partial charge on any atom is -0.468 e. The van der Waals surface area contributed by atoms with E-state index in [-0.39, 0.29) is 11.3 Å². The third-order valence-corrected chi connectivity index (χ3v) is 5.74. The van der Waals surface area contributed by atoms with Crippen LogP contribution in [-0.4, -0.2) is 27.5 Å². The molecule has 0 radical (unpaired) electrons. The topological polar surface area (TPSA) is 76.3 Å². The number of carbonyl (C=O) groups excluding carboxylic acids is 1. The van der Waals surface area contributed by atoms with Crippen LogP contribution < -0.4 is 9.29 Å². The van der Waals surface area contributed by atoms with Gasteiger partial charge in [-0.2, -0.15) is 9.29 Å². The van der Waals surface area contributed by atoms with Gasteiger partial charge in [-0.1, -0.05) is 29.0 Å². The molecule has 0 aliphatic heterocycles. The van der Waals surface area contributed by atoms with Crippen molar-refractivity contribution in [3.05, 3.63) is 46.4 Å². The minimum atomic E-state index is -3.80. The molecule has 0 bridgehead atoms. The summed E-state index contributed by atoms with van der Waals surface area (Å²) in [7, 11) is -0.723. The Kier molecular flexibility index (Phi) is 5.51. The van der Waals surface area contributed by atoms with E-state index in [0.717, 1.165) is 11.3 Å². The van der Waals surface area contributed by atoms with Crippen LogP contribution in [0.5, 0.6) is 0 Å². The highest BCUT2D eigenvalue weighted by molar-refractivity contribution is 7.89. The molecular formula is C15H19N2O4S2+. The van der Waals surface area contributed by atoms with Gasteiger partial charge in [-0.25, -0.2) is 8.42 Å². The van der Waals surface area contributed by atoms with Gasteiger partial charge in [0.2, 0.25) is 15.5 Å². The van der Waals surface area contributed by atoms with Gasteiger partial charge in [-0.15, -0.1) is 0 Å². The maximum Gasteiger partial charge on any atom is 0.324 e. The van der Waals surface area contributed by atoms with Crippen LogP contribution in [0.25, 0.3) is 0 Å². The fourth-order valence-electron chi connectivity index (χ4n) is 2.04. The number of carbonyl (C=O) groups is 1. The van der Waals surface area contributed by atoms with E-state index in [9.17, 15) is 13.2 Å². The number of nitrogens with one attached hydrogen (secondary N) is 1. The maximum atomic E-state index is 12.5. The summed E-state index contributed by atoms with van der Waals surface area (Å²) >= 11 is 1.48. The van der Waals surface area contributed by atoms with E-state index >= 15 is 0 Å². The molecule has 2 rings (SSSR count). The number of ether oxygens (including phenoxy) is 1. The smallest absolute Gasteiger partial charge is 0.324 e. The molecule has 2 aromatic rings. The van der Waals surface area contributed by atoms with E-state index in [1.165, 1.54) is 30.6 Å². The molecule has 8 heteroatoms. The number of thiazole rings is 1. The molecular weight excluding hydrogens is 336 g/mol. The van der Waals surface area contributed by atoms with Crippen molar-refractivity contribution in [1.82, 2.24) is 4.72 Å². The third-order valence-electron chi connectivity index (χ3n) is 3.40. The number of sulfonamides is 1. The van der Waals surface area contributed by atoms with Crippen molar-refractivity contribution in [2.45, 2.75) is 24.3 Å². The molecule has 1 aromatic carbocycles. The fourth-order valence-corrected chi connectivity index (χ4v) is 4.02. The van der Waals surface area contributed by atoms with E-state index in [0.29, 0.717) is 0 Å². The lowest BCUT2D eigenvalue weighted by Crippen LogP contribution is -2.45. The average Bonchev–Trinajstić information content (AvgIpc) is 2.91. The van der Waals surface area contributed by atoms with Crippen molar-refractivity contribution in [2.75, 3.05) is 7.11 Å². The van der Waals surface area contributed by atoms with Crippen LogP contribution in [0.15, 0.2) is 40.1 Å². The number of rotatable bonds is 6. The second-order valence-electron chi connectivity index (χ2n) is 5.18. The van der Waals surface area contributed by atoms with Gasteiger partial charge in [0.05, 0.1) is 23.8 Å². The average molecular weight is 355 g/mol. The Morgan fingerprint density at radius 2 is 2.00 bits per heavy atom. The lowest BCUT2D eigenvalue weighted by Gasteiger charge is -2.15. The summed E-state index contributed by atoms with van der Waals surface area (Å²) in [5, 5.41) is 1.87. The Bertz CT molecular complexity index is 782. The lowest BCUT2D eigenvalue weighted by atomic mass is 10.2. The zero-order valence-electron chi connectivity index (χ0n) is 13.1. The van der Waals surface area contributed by atoms with Crippen molar-refractivity contribution in [2.24, 2.45) is 7.05 Å². The summed E-state index contributed by atoms with van der Waals surface area (Å²) in [6, 6.07) is 5.46. The molecule has 0 saturated carbocycles. The molecule has 23 heavy (non-hydrogen) atoms. The summed E-state index contributed by atoms with van der Waals surface area (Å²) in [5.74, 6) is -0.619. The summed E-state index contributed by atoms with van der Waals surface area (Å²) in [6.07, 6.45) is 0.220. The number of nitrogens with zero attached hydrogens (tertiary/aromatic N) is 1. The van der Waals surface area contributed by atoms with Crippen LogP contribution in [0, 0.1) is 6.92 Å². The number of hydrogen-bond acceptors (Lipinski definition) is 5. The monoisotopic (exact) mass is 355 g/mol. The van der Waals surface area contributed by atoms with E-state index in [1.807, 2.05) is 29.4 Å². The largest absolute Gasteiger partial charge is 0.468 e. The number of esters is 1. The SMILES string of the molecule is COC(=O)[C@H](Cc1csc[n+]1C)NS(=O)(=O)c1ccc(C)cc1. The number of aryl methyl sites for hydroxylation is 2. The first-order valence-electron chi connectivity index (χ1n) is 6.91. The summed E-state index contributed by atoms with van der Waals surface area (Å²) in [5.41, 5.74) is 3.67. The van der Waals surface area contributed by atoms with Gasteiger partial charge in [0, 0.05) is 0 Å². The first kappa shape index (κ1) is 17.6. The number of hydrogen-bond donors (Lipinski definition) is 1. The van der Waals surface area contributed by atoms with Crippen molar-refractivity contribution >= 4 is 27.3 Å². The third kappa shape index (κ3) is 4.37. The molecule has 1 N–H and O–H groups in total. The highest BCUT2D eigenvalue weighted by Gasteiger charge is 2.29. The zero-order valence-corrected chi connectivity index (χ0v) is 14.8. The van der Waals surface area contributed by atoms with Crippen LogP contribution in [0.2, 0.25) is 0 Å². The first-order valence-corrected chi connectivity index (χ1v) is 9.33.